The van der Waals surface area contributed by atoms with Crippen LogP contribution in [-0.4, -0.2) is 38.3 Å². The molecule has 0 aromatic heterocycles. The van der Waals surface area contributed by atoms with Crippen LogP contribution in [0.4, 0.5) is 5.69 Å². The van der Waals surface area contributed by atoms with Crippen molar-refractivity contribution in [1.82, 2.24) is 4.31 Å². The fraction of sp³-hybridized carbons (Fsp3) is 0.409. The van der Waals surface area contributed by atoms with Crippen LogP contribution in [0.5, 0.6) is 5.75 Å². The predicted molar refractivity (Wildman–Crippen MR) is 114 cm³/mol. The van der Waals surface area contributed by atoms with E-state index in [4.69, 9.17) is 4.74 Å². The molecule has 1 fully saturated rings. The number of methoxy groups -OCH3 is 1. The third kappa shape index (κ3) is 4.97. The van der Waals surface area contributed by atoms with Crippen LogP contribution < -0.4 is 10.1 Å². The van der Waals surface area contributed by atoms with E-state index in [0.717, 1.165) is 29.7 Å². The second-order valence-corrected chi connectivity index (χ2v) is 9.38. The molecule has 1 aliphatic heterocycles. The van der Waals surface area contributed by atoms with Gasteiger partial charge in [-0.3, -0.25) is 4.79 Å². The fourth-order valence-electron chi connectivity index (χ4n) is 3.62. The monoisotopic (exact) mass is 416 g/mol. The first kappa shape index (κ1) is 21.3. The molecule has 0 saturated carbocycles. The molecule has 0 aliphatic carbocycles. The number of hydrogen-bond acceptors (Lipinski definition) is 4. The highest BCUT2D eigenvalue weighted by atomic mass is 32.2. The number of ether oxygens (including phenoxy) is 1. The lowest BCUT2D eigenvalue weighted by Crippen LogP contribution is -2.45. The van der Waals surface area contributed by atoms with Crippen molar-refractivity contribution in [3.63, 3.8) is 0 Å². The molecule has 0 radical (unpaired) electrons. The molecule has 1 saturated heterocycles. The SMILES string of the molecule is COc1ccc(S(=O)(=O)N2CCCC[C@@H]2CC(=O)Nc2ccc(C)c(C)c2)cc1. The van der Waals surface area contributed by atoms with Gasteiger partial charge in [-0.1, -0.05) is 12.5 Å². The topological polar surface area (TPSA) is 75.7 Å². The summed E-state index contributed by atoms with van der Waals surface area (Å²) in [6, 6.07) is 11.8. The summed E-state index contributed by atoms with van der Waals surface area (Å²) in [6.45, 7) is 4.44. The Morgan fingerprint density at radius 1 is 1.10 bits per heavy atom. The van der Waals surface area contributed by atoms with Gasteiger partial charge in [0.15, 0.2) is 0 Å². The number of hydrogen-bond donors (Lipinski definition) is 1. The van der Waals surface area contributed by atoms with Crippen molar-refractivity contribution in [2.24, 2.45) is 0 Å². The molecule has 2 aromatic rings. The Bertz CT molecular complexity index is 971. The Morgan fingerprint density at radius 3 is 2.48 bits per heavy atom. The Balaban J connectivity index is 1.74. The highest BCUT2D eigenvalue weighted by Gasteiger charge is 2.34. The van der Waals surface area contributed by atoms with E-state index in [1.165, 1.54) is 4.31 Å². The van der Waals surface area contributed by atoms with Gasteiger partial charge in [0.05, 0.1) is 12.0 Å². The van der Waals surface area contributed by atoms with Gasteiger partial charge >= 0.3 is 0 Å². The van der Waals surface area contributed by atoms with Gasteiger partial charge in [-0.25, -0.2) is 8.42 Å². The van der Waals surface area contributed by atoms with Crippen molar-refractivity contribution in [1.29, 1.82) is 0 Å². The van der Waals surface area contributed by atoms with Gasteiger partial charge in [0.25, 0.3) is 0 Å². The highest BCUT2D eigenvalue weighted by Crippen LogP contribution is 2.28. The van der Waals surface area contributed by atoms with E-state index < -0.39 is 10.0 Å². The molecule has 1 amide bonds. The molecule has 1 aliphatic rings. The molecule has 0 unspecified atom stereocenters. The maximum Gasteiger partial charge on any atom is 0.243 e. The van der Waals surface area contributed by atoms with Crippen LogP contribution in [0, 0.1) is 13.8 Å². The lowest BCUT2D eigenvalue weighted by atomic mass is 10.0. The Morgan fingerprint density at radius 2 is 1.83 bits per heavy atom. The highest BCUT2D eigenvalue weighted by molar-refractivity contribution is 7.89. The summed E-state index contributed by atoms with van der Waals surface area (Å²) in [6.07, 6.45) is 2.53. The van der Waals surface area contributed by atoms with Crippen molar-refractivity contribution in [2.45, 2.75) is 50.5 Å². The smallest absolute Gasteiger partial charge is 0.243 e. The van der Waals surface area contributed by atoms with Crippen molar-refractivity contribution in [3.8, 4) is 5.75 Å². The molecule has 156 valence electrons. The van der Waals surface area contributed by atoms with Gasteiger partial charge < -0.3 is 10.1 Å². The number of carbonyl (C=O) groups is 1. The number of rotatable bonds is 6. The van der Waals surface area contributed by atoms with Gasteiger partial charge in [-0.2, -0.15) is 4.31 Å². The number of amides is 1. The molecule has 1 atom stereocenters. The minimum atomic E-state index is -3.67. The van der Waals surface area contributed by atoms with Crippen LogP contribution >= 0.6 is 0 Å². The van der Waals surface area contributed by atoms with E-state index in [9.17, 15) is 13.2 Å². The van der Waals surface area contributed by atoms with E-state index in [1.54, 1.807) is 31.4 Å². The molecule has 29 heavy (non-hydrogen) atoms. The molecule has 3 rings (SSSR count). The zero-order valence-corrected chi connectivity index (χ0v) is 18.0. The summed E-state index contributed by atoms with van der Waals surface area (Å²) in [4.78, 5) is 12.8. The minimum absolute atomic E-state index is 0.141. The number of aryl methyl sites for hydroxylation is 2. The number of piperidine rings is 1. The Kier molecular flexibility index (Phi) is 6.59. The van der Waals surface area contributed by atoms with Crippen LogP contribution in [-0.2, 0) is 14.8 Å². The largest absolute Gasteiger partial charge is 0.497 e. The molecule has 1 N–H and O–H groups in total. The van der Waals surface area contributed by atoms with Gasteiger partial charge in [0, 0.05) is 24.7 Å². The second-order valence-electron chi connectivity index (χ2n) is 7.49. The minimum Gasteiger partial charge on any atom is -0.497 e. The molecular weight excluding hydrogens is 388 g/mol. The maximum absolute atomic E-state index is 13.2. The fourth-order valence-corrected chi connectivity index (χ4v) is 5.32. The lowest BCUT2D eigenvalue weighted by molar-refractivity contribution is -0.117. The van der Waals surface area contributed by atoms with Gasteiger partial charge in [-0.05, 0) is 74.2 Å². The van der Waals surface area contributed by atoms with E-state index in [-0.39, 0.29) is 23.3 Å². The van der Waals surface area contributed by atoms with Crippen LogP contribution in [0.3, 0.4) is 0 Å². The zero-order valence-electron chi connectivity index (χ0n) is 17.1. The van der Waals surface area contributed by atoms with Crippen LogP contribution in [0.25, 0.3) is 0 Å². The summed E-state index contributed by atoms with van der Waals surface area (Å²) < 4.78 is 32.9. The third-order valence-corrected chi connectivity index (χ3v) is 7.42. The van der Waals surface area contributed by atoms with Crippen LogP contribution in [0.15, 0.2) is 47.4 Å². The van der Waals surface area contributed by atoms with Gasteiger partial charge in [-0.15, -0.1) is 0 Å². The van der Waals surface area contributed by atoms with Crippen molar-refractivity contribution in [2.75, 3.05) is 19.0 Å². The first-order chi connectivity index (χ1) is 13.8. The second kappa shape index (κ2) is 8.97. The molecular formula is C22H28N2O4S. The van der Waals surface area contributed by atoms with Crippen molar-refractivity contribution in [3.05, 3.63) is 53.6 Å². The van der Waals surface area contributed by atoms with Crippen LogP contribution in [0.2, 0.25) is 0 Å². The number of nitrogens with zero attached hydrogens (tertiary/aromatic N) is 1. The summed E-state index contributed by atoms with van der Waals surface area (Å²) >= 11 is 0. The Hall–Kier alpha value is -2.38. The zero-order chi connectivity index (χ0) is 21.0. The quantitative estimate of drug-likeness (QED) is 0.775. The predicted octanol–water partition coefficient (Wildman–Crippen LogP) is 3.88. The lowest BCUT2D eigenvalue weighted by Gasteiger charge is -2.34. The van der Waals surface area contributed by atoms with E-state index in [0.29, 0.717) is 18.7 Å². The summed E-state index contributed by atoms with van der Waals surface area (Å²) in [5.41, 5.74) is 3.00. The van der Waals surface area contributed by atoms with E-state index in [2.05, 4.69) is 5.32 Å². The summed E-state index contributed by atoms with van der Waals surface area (Å²) in [5, 5.41) is 2.91. The summed E-state index contributed by atoms with van der Waals surface area (Å²) in [7, 11) is -2.13. The first-order valence-electron chi connectivity index (χ1n) is 9.84. The van der Waals surface area contributed by atoms with Crippen LogP contribution in [0.1, 0.15) is 36.8 Å². The number of anilines is 1. The standard InChI is InChI=1S/C22H28N2O4S/c1-16-7-8-18(14-17(16)2)23-22(25)15-19-6-4-5-13-24(19)29(26,27)21-11-9-20(28-3)10-12-21/h7-12,14,19H,4-6,13,15H2,1-3H3,(H,23,25)/t19-/m1/s1. The van der Waals surface area contributed by atoms with Crippen molar-refractivity contribution < 1.29 is 17.9 Å². The molecule has 7 heteroatoms. The molecule has 0 spiro atoms. The maximum atomic E-state index is 13.2. The average molecular weight is 417 g/mol. The molecule has 0 bridgehead atoms. The van der Waals surface area contributed by atoms with E-state index >= 15 is 0 Å². The number of benzene rings is 2. The number of carbonyl (C=O) groups excluding carboxylic acids is 1. The summed E-state index contributed by atoms with van der Waals surface area (Å²) in [5.74, 6) is 0.432. The van der Waals surface area contributed by atoms with Crippen molar-refractivity contribution >= 4 is 21.6 Å². The number of sulfonamides is 1. The first-order valence-corrected chi connectivity index (χ1v) is 11.3. The average Bonchev–Trinajstić information content (AvgIpc) is 2.71. The molecule has 6 nitrogen and oxygen atoms in total. The van der Waals surface area contributed by atoms with Gasteiger partial charge in [0.1, 0.15) is 5.75 Å². The third-order valence-electron chi connectivity index (χ3n) is 5.45. The molecule has 1 heterocycles. The number of nitrogens with one attached hydrogen (secondary N) is 1. The molecule has 2 aromatic carbocycles. The van der Waals surface area contributed by atoms with E-state index in [1.807, 2.05) is 32.0 Å². The normalized spacial score (nSPS) is 17.7. The van der Waals surface area contributed by atoms with Gasteiger partial charge in [0.2, 0.25) is 15.9 Å². The Labute approximate surface area is 172 Å².